The van der Waals surface area contributed by atoms with E-state index < -0.39 is 0 Å². The summed E-state index contributed by atoms with van der Waals surface area (Å²) in [6, 6.07) is 8.85. The molecular formula is C15H15ClFN. The minimum Gasteiger partial charge on any atom is -0.255 e. The zero-order chi connectivity index (χ0) is 13.1. The summed E-state index contributed by atoms with van der Waals surface area (Å²) in [6.07, 6.45) is 2.52. The Morgan fingerprint density at radius 3 is 2.72 bits per heavy atom. The molecule has 3 heteroatoms. The van der Waals surface area contributed by atoms with Gasteiger partial charge in [0.15, 0.2) is 0 Å². The third-order valence-corrected chi connectivity index (χ3v) is 3.49. The number of halogens is 2. The van der Waals surface area contributed by atoms with E-state index in [0.717, 1.165) is 12.0 Å². The van der Waals surface area contributed by atoms with Crippen LogP contribution < -0.4 is 0 Å². The number of nitrogens with zero attached hydrogens (tertiary/aromatic N) is 1. The molecule has 1 atom stereocenters. The molecule has 0 radical (unpaired) electrons. The lowest BCUT2D eigenvalue weighted by Gasteiger charge is -2.13. The molecule has 94 valence electrons. The molecule has 18 heavy (non-hydrogen) atoms. The SMILES string of the molecule is CCC(C)c1cccc(-c2ncccc2Cl)c1F. The van der Waals surface area contributed by atoms with E-state index in [1.165, 1.54) is 0 Å². The second-order valence-electron chi connectivity index (χ2n) is 4.35. The number of benzene rings is 1. The fourth-order valence-corrected chi connectivity index (χ4v) is 2.14. The topological polar surface area (TPSA) is 12.9 Å². The third-order valence-electron chi connectivity index (χ3n) is 3.19. The summed E-state index contributed by atoms with van der Waals surface area (Å²) in [5.74, 6) is -0.0279. The van der Waals surface area contributed by atoms with Crippen LogP contribution in [0.5, 0.6) is 0 Å². The van der Waals surface area contributed by atoms with Crippen molar-refractivity contribution in [2.75, 3.05) is 0 Å². The average molecular weight is 264 g/mol. The Kier molecular flexibility index (Phi) is 3.97. The van der Waals surface area contributed by atoms with E-state index in [1.54, 1.807) is 24.4 Å². The zero-order valence-corrected chi connectivity index (χ0v) is 11.2. The molecule has 0 aliphatic heterocycles. The molecule has 1 nitrogen and oxygen atoms in total. The van der Waals surface area contributed by atoms with Gasteiger partial charge in [-0.15, -0.1) is 0 Å². The first kappa shape index (κ1) is 13.0. The summed E-state index contributed by atoms with van der Waals surface area (Å²) in [5.41, 5.74) is 1.69. The summed E-state index contributed by atoms with van der Waals surface area (Å²) >= 11 is 6.07. The van der Waals surface area contributed by atoms with E-state index in [1.807, 2.05) is 26.0 Å². The summed E-state index contributed by atoms with van der Waals surface area (Å²) in [6.45, 7) is 4.06. The van der Waals surface area contributed by atoms with E-state index in [-0.39, 0.29) is 11.7 Å². The lowest BCUT2D eigenvalue weighted by molar-refractivity contribution is 0.586. The van der Waals surface area contributed by atoms with Crippen molar-refractivity contribution in [3.05, 3.63) is 52.9 Å². The first-order valence-corrected chi connectivity index (χ1v) is 6.42. The standard InChI is InChI=1S/C15H15ClFN/c1-3-10(2)11-6-4-7-12(14(11)17)15-13(16)8-5-9-18-15/h4-10H,3H2,1-2H3. The van der Waals surface area contributed by atoms with Gasteiger partial charge in [0.2, 0.25) is 0 Å². The minimum absolute atomic E-state index is 0.187. The zero-order valence-electron chi connectivity index (χ0n) is 10.5. The smallest absolute Gasteiger partial charge is 0.136 e. The van der Waals surface area contributed by atoms with Gasteiger partial charge in [-0.2, -0.15) is 0 Å². The van der Waals surface area contributed by atoms with Crippen LogP contribution in [0.25, 0.3) is 11.3 Å². The molecule has 0 aliphatic rings. The van der Waals surface area contributed by atoms with E-state index >= 15 is 0 Å². The number of rotatable bonds is 3. The lowest BCUT2D eigenvalue weighted by Crippen LogP contribution is -1.99. The Bertz CT molecular complexity index is 554. The predicted molar refractivity (Wildman–Crippen MR) is 73.3 cm³/mol. The van der Waals surface area contributed by atoms with Gasteiger partial charge in [-0.05, 0) is 36.1 Å². The molecule has 0 amide bonds. The van der Waals surface area contributed by atoms with Gasteiger partial charge in [0.05, 0.1) is 10.7 Å². The summed E-state index contributed by atoms with van der Waals surface area (Å²) in [4.78, 5) is 4.16. The monoisotopic (exact) mass is 263 g/mol. The van der Waals surface area contributed by atoms with Crippen LogP contribution in [-0.2, 0) is 0 Å². The normalized spacial score (nSPS) is 12.4. The molecule has 0 spiro atoms. The molecule has 0 aliphatic carbocycles. The summed E-state index contributed by atoms with van der Waals surface area (Å²) in [5, 5.41) is 0.470. The largest absolute Gasteiger partial charge is 0.255 e. The molecule has 1 aromatic carbocycles. The second-order valence-corrected chi connectivity index (χ2v) is 4.76. The maximum Gasteiger partial charge on any atom is 0.136 e. The number of pyridine rings is 1. The van der Waals surface area contributed by atoms with E-state index in [2.05, 4.69) is 4.98 Å². The maximum atomic E-state index is 14.5. The van der Waals surface area contributed by atoms with Gasteiger partial charge in [0, 0.05) is 11.8 Å². The first-order valence-electron chi connectivity index (χ1n) is 6.04. The average Bonchev–Trinajstić information content (AvgIpc) is 2.39. The quantitative estimate of drug-likeness (QED) is 0.755. The second kappa shape index (κ2) is 5.49. The van der Waals surface area contributed by atoms with Crippen LogP contribution in [0.15, 0.2) is 36.5 Å². The van der Waals surface area contributed by atoms with Gasteiger partial charge in [0.25, 0.3) is 0 Å². The van der Waals surface area contributed by atoms with E-state index in [0.29, 0.717) is 16.3 Å². The van der Waals surface area contributed by atoms with Crippen LogP contribution >= 0.6 is 11.6 Å². The van der Waals surface area contributed by atoms with Crippen LogP contribution in [0.3, 0.4) is 0 Å². The van der Waals surface area contributed by atoms with Crippen molar-refractivity contribution in [2.45, 2.75) is 26.2 Å². The van der Waals surface area contributed by atoms with Gasteiger partial charge in [0.1, 0.15) is 5.82 Å². The highest BCUT2D eigenvalue weighted by molar-refractivity contribution is 6.33. The molecule has 0 saturated heterocycles. The van der Waals surface area contributed by atoms with Gasteiger partial charge in [-0.3, -0.25) is 4.98 Å². The van der Waals surface area contributed by atoms with Crippen LogP contribution in [-0.4, -0.2) is 4.98 Å². The molecular weight excluding hydrogens is 249 g/mol. The lowest BCUT2D eigenvalue weighted by atomic mass is 9.95. The molecule has 1 unspecified atom stereocenters. The molecule has 0 saturated carbocycles. The highest BCUT2D eigenvalue weighted by Gasteiger charge is 2.16. The molecule has 2 rings (SSSR count). The maximum absolute atomic E-state index is 14.5. The van der Waals surface area contributed by atoms with Crippen molar-refractivity contribution in [2.24, 2.45) is 0 Å². The van der Waals surface area contributed by atoms with E-state index in [4.69, 9.17) is 11.6 Å². The Morgan fingerprint density at radius 2 is 2.06 bits per heavy atom. The molecule has 0 fully saturated rings. The number of aromatic nitrogens is 1. The van der Waals surface area contributed by atoms with Crippen molar-refractivity contribution < 1.29 is 4.39 Å². The van der Waals surface area contributed by atoms with E-state index in [9.17, 15) is 4.39 Å². The predicted octanol–water partition coefficient (Wildman–Crippen LogP) is 5.05. The molecule has 2 aromatic rings. The van der Waals surface area contributed by atoms with Crippen molar-refractivity contribution >= 4 is 11.6 Å². The molecule has 0 N–H and O–H groups in total. The van der Waals surface area contributed by atoms with Crippen LogP contribution in [0.2, 0.25) is 5.02 Å². The van der Waals surface area contributed by atoms with Crippen LogP contribution in [0.4, 0.5) is 4.39 Å². The highest BCUT2D eigenvalue weighted by atomic mass is 35.5. The molecule has 1 aromatic heterocycles. The Hall–Kier alpha value is -1.41. The minimum atomic E-state index is -0.215. The van der Waals surface area contributed by atoms with Gasteiger partial charge in [-0.1, -0.05) is 37.6 Å². The summed E-state index contributed by atoms with van der Waals surface area (Å²) < 4.78 is 14.5. The molecule has 0 bridgehead atoms. The van der Waals surface area contributed by atoms with Crippen molar-refractivity contribution in [3.63, 3.8) is 0 Å². The van der Waals surface area contributed by atoms with Crippen molar-refractivity contribution in [1.82, 2.24) is 4.98 Å². The van der Waals surface area contributed by atoms with Crippen molar-refractivity contribution in [1.29, 1.82) is 0 Å². The Labute approximate surface area is 112 Å². The Morgan fingerprint density at radius 1 is 1.28 bits per heavy atom. The first-order chi connectivity index (χ1) is 8.65. The fraction of sp³-hybridized carbons (Fsp3) is 0.267. The van der Waals surface area contributed by atoms with Gasteiger partial charge in [-0.25, -0.2) is 4.39 Å². The number of hydrogen-bond donors (Lipinski definition) is 0. The van der Waals surface area contributed by atoms with Crippen LogP contribution in [0, 0.1) is 5.82 Å². The van der Waals surface area contributed by atoms with Gasteiger partial charge >= 0.3 is 0 Å². The summed E-state index contributed by atoms with van der Waals surface area (Å²) in [7, 11) is 0. The van der Waals surface area contributed by atoms with Gasteiger partial charge < -0.3 is 0 Å². The van der Waals surface area contributed by atoms with Crippen molar-refractivity contribution in [3.8, 4) is 11.3 Å². The molecule has 1 heterocycles. The van der Waals surface area contributed by atoms with Crippen LogP contribution in [0.1, 0.15) is 31.7 Å². The third kappa shape index (κ3) is 2.39. The highest BCUT2D eigenvalue weighted by Crippen LogP contribution is 2.32. The Balaban J connectivity index is 2.56. The fourth-order valence-electron chi connectivity index (χ4n) is 1.92. The number of hydrogen-bond acceptors (Lipinski definition) is 1.